The van der Waals surface area contributed by atoms with Crippen LogP contribution in [-0.4, -0.2) is 41.3 Å². The molecule has 0 aliphatic heterocycles. The number of nitrogens with one attached hydrogen (secondary N) is 1. The molecule has 158 valence electrons. The van der Waals surface area contributed by atoms with Crippen molar-refractivity contribution < 1.29 is 22.7 Å². The third kappa shape index (κ3) is 6.67. The molecule has 1 N–H and O–H groups in total. The van der Waals surface area contributed by atoms with Crippen molar-refractivity contribution >= 4 is 21.6 Å². The maximum Gasteiger partial charge on any atom is 0.232 e. The fourth-order valence-electron chi connectivity index (χ4n) is 2.91. The molecule has 7 nitrogen and oxygen atoms in total. The predicted octanol–water partition coefficient (Wildman–Crippen LogP) is 3.13. The number of nitrogens with zero attached hydrogens (tertiary/aromatic N) is 1. The fourth-order valence-corrected chi connectivity index (χ4v) is 3.87. The van der Waals surface area contributed by atoms with Crippen LogP contribution in [0.25, 0.3) is 0 Å². The number of methoxy groups -OCH3 is 2. The Hall–Kier alpha value is -2.74. The molecule has 0 aliphatic carbocycles. The van der Waals surface area contributed by atoms with E-state index in [9.17, 15) is 13.2 Å². The number of hydrogen-bond donors (Lipinski definition) is 1. The number of carbonyl (C=O) groups is 1. The van der Waals surface area contributed by atoms with Gasteiger partial charge in [0.05, 0.1) is 32.2 Å². The molecule has 29 heavy (non-hydrogen) atoms. The molecule has 0 saturated heterocycles. The van der Waals surface area contributed by atoms with E-state index in [0.717, 1.165) is 17.6 Å². The van der Waals surface area contributed by atoms with Crippen molar-refractivity contribution in [3.63, 3.8) is 0 Å². The lowest BCUT2D eigenvalue weighted by atomic mass is 10.1. The number of anilines is 1. The highest BCUT2D eigenvalue weighted by Gasteiger charge is 2.18. The van der Waals surface area contributed by atoms with Gasteiger partial charge in [-0.2, -0.15) is 0 Å². The van der Waals surface area contributed by atoms with Gasteiger partial charge in [-0.15, -0.1) is 0 Å². The van der Waals surface area contributed by atoms with Crippen LogP contribution < -0.4 is 19.1 Å². The third-order valence-corrected chi connectivity index (χ3v) is 5.71. The van der Waals surface area contributed by atoms with Gasteiger partial charge in [0.15, 0.2) is 0 Å². The standard InChI is InChI=1S/C21H28N2O5S/c1-16(17-7-11-19(27-2)12-8-17)22-21(24)6-5-15-23(29(4,25)26)18-9-13-20(28-3)14-10-18/h7-14,16H,5-6,15H2,1-4H3,(H,22,24). The number of carbonyl (C=O) groups excluding carboxylic acids is 1. The van der Waals surface area contributed by atoms with Crippen molar-refractivity contribution in [2.24, 2.45) is 0 Å². The monoisotopic (exact) mass is 420 g/mol. The maximum atomic E-state index is 12.3. The van der Waals surface area contributed by atoms with Crippen LogP contribution in [0.15, 0.2) is 48.5 Å². The van der Waals surface area contributed by atoms with Gasteiger partial charge in [-0.1, -0.05) is 12.1 Å². The SMILES string of the molecule is COc1ccc(C(C)NC(=O)CCCN(c2ccc(OC)cc2)S(C)(=O)=O)cc1. The summed E-state index contributed by atoms with van der Waals surface area (Å²) in [6.45, 7) is 2.12. The van der Waals surface area contributed by atoms with Crippen molar-refractivity contribution in [1.29, 1.82) is 0 Å². The molecular formula is C21H28N2O5S. The third-order valence-electron chi connectivity index (χ3n) is 4.52. The number of benzene rings is 2. The summed E-state index contributed by atoms with van der Waals surface area (Å²) in [7, 11) is -0.306. The molecule has 8 heteroatoms. The molecule has 0 bridgehead atoms. The Bertz CT molecular complexity index is 896. The Labute approximate surface area is 172 Å². The van der Waals surface area contributed by atoms with Crippen LogP contribution in [0, 0.1) is 0 Å². The number of hydrogen-bond acceptors (Lipinski definition) is 5. The van der Waals surface area contributed by atoms with Crippen molar-refractivity contribution in [2.75, 3.05) is 31.3 Å². The van der Waals surface area contributed by atoms with Gasteiger partial charge in [0, 0.05) is 13.0 Å². The van der Waals surface area contributed by atoms with Crippen molar-refractivity contribution in [2.45, 2.75) is 25.8 Å². The van der Waals surface area contributed by atoms with Crippen LogP contribution in [0.4, 0.5) is 5.69 Å². The first-order valence-electron chi connectivity index (χ1n) is 9.29. The highest BCUT2D eigenvalue weighted by atomic mass is 32.2. The average molecular weight is 421 g/mol. The Balaban J connectivity index is 1.91. The molecule has 0 aliphatic rings. The molecule has 0 radical (unpaired) electrons. The normalized spacial score (nSPS) is 12.1. The largest absolute Gasteiger partial charge is 0.497 e. The Morgan fingerprint density at radius 2 is 1.52 bits per heavy atom. The first-order chi connectivity index (χ1) is 13.7. The average Bonchev–Trinajstić information content (AvgIpc) is 2.70. The smallest absolute Gasteiger partial charge is 0.232 e. The lowest BCUT2D eigenvalue weighted by molar-refractivity contribution is -0.121. The van der Waals surface area contributed by atoms with Gasteiger partial charge in [-0.05, 0) is 55.3 Å². The number of rotatable bonds is 10. The van der Waals surface area contributed by atoms with Crippen LogP contribution >= 0.6 is 0 Å². The van der Waals surface area contributed by atoms with Crippen LogP contribution in [-0.2, 0) is 14.8 Å². The quantitative estimate of drug-likeness (QED) is 0.638. The summed E-state index contributed by atoms with van der Waals surface area (Å²) in [5, 5.41) is 2.94. The van der Waals surface area contributed by atoms with Crippen molar-refractivity contribution in [1.82, 2.24) is 5.32 Å². The summed E-state index contributed by atoms with van der Waals surface area (Å²) in [5.74, 6) is 1.28. The van der Waals surface area contributed by atoms with Crippen molar-refractivity contribution in [3.8, 4) is 11.5 Å². The summed E-state index contributed by atoms with van der Waals surface area (Å²) in [6.07, 6.45) is 1.78. The predicted molar refractivity (Wildman–Crippen MR) is 114 cm³/mol. The summed E-state index contributed by atoms with van der Waals surface area (Å²) in [5.41, 5.74) is 1.51. The Morgan fingerprint density at radius 1 is 1.00 bits per heavy atom. The van der Waals surface area contributed by atoms with Gasteiger partial charge in [0.2, 0.25) is 15.9 Å². The Morgan fingerprint density at radius 3 is 2.00 bits per heavy atom. The second-order valence-corrected chi connectivity index (χ2v) is 8.61. The minimum atomic E-state index is -3.46. The van der Waals surface area contributed by atoms with Gasteiger partial charge in [0.25, 0.3) is 0 Å². The van der Waals surface area contributed by atoms with Gasteiger partial charge < -0.3 is 14.8 Å². The number of sulfonamides is 1. The minimum Gasteiger partial charge on any atom is -0.497 e. The number of amides is 1. The first-order valence-corrected chi connectivity index (χ1v) is 11.1. The van der Waals surface area contributed by atoms with Crippen LogP contribution in [0.3, 0.4) is 0 Å². The zero-order valence-corrected chi connectivity index (χ0v) is 18.0. The first kappa shape index (κ1) is 22.5. The summed E-state index contributed by atoms with van der Waals surface area (Å²) in [4.78, 5) is 12.3. The molecule has 1 atom stereocenters. The van der Waals surface area contributed by atoms with Gasteiger partial charge >= 0.3 is 0 Å². The molecule has 2 rings (SSSR count). The summed E-state index contributed by atoms with van der Waals surface area (Å²) < 4.78 is 35.9. The van der Waals surface area contributed by atoms with Crippen LogP contribution in [0.1, 0.15) is 31.4 Å². The van der Waals surface area contributed by atoms with Crippen LogP contribution in [0.5, 0.6) is 11.5 Å². The van der Waals surface area contributed by atoms with Gasteiger partial charge in [-0.3, -0.25) is 9.10 Å². The molecule has 2 aromatic carbocycles. The molecule has 0 fully saturated rings. The van der Waals surface area contributed by atoms with E-state index in [1.807, 2.05) is 31.2 Å². The highest BCUT2D eigenvalue weighted by molar-refractivity contribution is 7.92. The zero-order valence-electron chi connectivity index (χ0n) is 17.2. The van der Waals surface area contributed by atoms with E-state index >= 15 is 0 Å². The molecule has 0 spiro atoms. The topological polar surface area (TPSA) is 84.9 Å². The molecule has 1 unspecified atom stereocenters. The zero-order chi connectivity index (χ0) is 21.4. The van der Waals surface area contributed by atoms with Crippen LogP contribution in [0.2, 0.25) is 0 Å². The molecule has 0 heterocycles. The van der Waals surface area contributed by atoms with E-state index in [-0.39, 0.29) is 24.9 Å². The van der Waals surface area contributed by atoms with E-state index in [1.54, 1.807) is 38.5 Å². The molecule has 2 aromatic rings. The van der Waals surface area contributed by atoms with E-state index in [1.165, 1.54) is 4.31 Å². The molecular weight excluding hydrogens is 392 g/mol. The van der Waals surface area contributed by atoms with E-state index in [4.69, 9.17) is 9.47 Å². The Kier molecular flexibility index (Phi) is 7.90. The lowest BCUT2D eigenvalue weighted by Gasteiger charge is -2.22. The number of ether oxygens (including phenoxy) is 2. The summed E-state index contributed by atoms with van der Waals surface area (Å²) in [6, 6.07) is 14.1. The highest BCUT2D eigenvalue weighted by Crippen LogP contribution is 2.22. The van der Waals surface area contributed by atoms with E-state index < -0.39 is 10.0 Å². The summed E-state index contributed by atoms with van der Waals surface area (Å²) >= 11 is 0. The minimum absolute atomic E-state index is 0.128. The fraction of sp³-hybridized carbons (Fsp3) is 0.381. The maximum absolute atomic E-state index is 12.3. The van der Waals surface area contributed by atoms with E-state index in [2.05, 4.69) is 5.32 Å². The van der Waals surface area contributed by atoms with Gasteiger partial charge in [-0.25, -0.2) is 8.42 Å². The van der Waals surface area contributed by atoms with Crippen molar-refractivity contribution in [3.05, 3.63) is 54.1 Å². The second kappa shape index (κ2) is 10.2. The molecule has 0 saturated carbocycles. The van der Waals surface area contributed by atoms with Gasteiger partial charge in [0.1, 0.15) is 11.5 Å². The lowest BCUT2D eigenvalue weighted by Crippen LogP contribution is -2.32. The molecule has 0 aromatic heterocycles. The molecule has 1 amide bonds. The second-order valence-electron chi connectivity index (χ2n) is 6.70. The van der Waals surface area contributed by atoms with E-state index in [0.29, 0.717) is 17.9 Å².